The summed E-state index contributed by atoms with van der Waals surface area (Å²) in [5.74, 6) is -0.413. The quantitative estimate of drug-likeness (QED) is 0.744. The summed E-state index contributed by atoms with van der Waals surface area (Å²) in [7, 11) is 0. The zero-order chi connectivity index (χ0) is 11.3. The maximum Gasteiger partial charge on any atom is 0.308 e. The number of carboxylic acids is 1. The first kappa shape index (κ1) is 12.4. The van der Waals surface area contributed by atoms with Crippen molar-refractivity contribution in [1.82, 2.24) is 5.32 Å². The van der Waals surface area contributed by atoms with Crippen LogP contribution in [0.2, 0.25) is 0 Å². The third-order valence-corrected chi connectivity index (χ3v) is 3.33. The second-order valence-corrected chi connectivity index (χ2v) is 4.78. The van der Waals surface area contributed by atoms with Crippen LogP contribution in [0.15, 0.2) is 0 Å². The van der Waals surface area contributed by atoms with Crippen LogP contribution in [0.25, 0.3) is 0 Å². The Kier molecular flexibility index (Phi) is 4.94. The first-order valence-electron chi connectivity index (χ1n) is 5.16. The normalized spacial score (nSPS) is 25.1. The van der Waals surface area contributed by atoms with Crippen molar-refractivity contribution in [3.05, 3.63) is 0 Å². The molecule has 1 rings (SSSR count). The minimum atomic E-state index is -0.789. The summed E-state index contributed by atoms with van der Waals surface area (Å²) in [5, 5.41) is 11.7. The van der Waals surface area contributed by atoms with Gasteiger partial charge >= 0.3 is 5.97 Å². The molecule has 0 aromatic rings. The first-order chi connectivity index (χ1) is 7.15. The van der Waals surface area contributed by atoms with E-state index in [-0.39, 0.29) is 17.9 Å². The monoisotopic (exact) mass is 231 g/mol. The van der Waals surface area contributed by atoms with Crippen LogP contribution in [0.4, 0.5) is 0 Å². The van der Waals surface area contributed by atoms with Crippen molar-refractivity contribution < 1.29 is 14.7 Å². The molecule has 5 heteroatoms. The van der Waals surface area contributed by atoms with Crippen LogP contribution < -0.4 is 5.32 Å². The molecular formula is C10H17NO3S. The van der Waals surface area contributed by atoms with Gasteiger partial charge in [-0.15, -0.1) is 0 Å². The van der Waals surface area contributed by atoms with Crippen LogP contribution in [0.5, 0.6) is 0 Å². The average molecular weight is 231 g/mol. The summed E-state index contributed by atoms with van der Waals surface area (Å²) in [4.78, 5) is 22.3. The van der Waals surface area contributed by atoms with E-state index >= 15 is 0 Å². The van der Waals surface area contributed by atoms with Crippen molar-refractivity contribution in [2.75, 3.05) is 12.0 Å². The van der Waals surface area contributed by atoms with E-state index in [4.69, 9.17) is 5.11 Å². The second kappa shape index (κ2) is 6.00. The molecule has 86 valence electrons. The molecule has 0 radical (unpaired) electrons. The van der Waals surface area contributed by atoms with Gasteiger partial charge in [-0.05, 0) is 19.1 Å². The molecule has 15 heavy (non-hydrogen) atoms. The highest BCUT2D eigenvalue weighted by atomic mass is 32.2. The predicted molar refractivity (Wildman–Crippen MR) is 59.9 cm³/mol. The van der Waals surface area contributed by atoms with Crippen molar-refractivity contribution in [3.63, 3.8) is 0 Å². The fraction of sp³-hybridized carbons (Fsp3) is 0.800. The van der Waals surface area contributed by atoms with Gasteiger partial charge < -0.3 is 10.4 Å². The Balaban J connectivity index is 2.36. The molecule has 4 nitrogen and oxygen atoms in total. The minimum Gasteiger partial charge on any atom is -0.481 e. The SMILES string of the molecule is CSCCC(=O)NC1CCCC1C(=O)O. The van der Waals surface area contributed by atoms with Crippen molar-refractivity contribution in [1.29, 1.82) is 0 Å². The molecule has 0 aliphatic heterocycles. The van der Waals surface area contributed by atoms with Crippen LogP contribution >= 0.6 is 11.8 Å². The highest BCUT2D eigenvalue weighted by molar-refractivity contribution is 7.98. The van der Waals surface area contributed by atoms with E-state index in [2.05, 4.69) is 5.32 Å². The van der Waals surface area contributed by atoms with Crippen molar-refractivity contribution in [2.24, 2.45) is 5.92 Å². The fourth-order valence-corrected chi connectivity index (χ4v) is 2.29. The molecule has 0 saturated heterocycles. The highest BCUT2D eigenvalue weighted by Gasteiger charge is 2.33. The smallest absolute Gasteiger partial charge is 0.308 e. The maximum atomic E-state index is 11.4. The van der Waals surface area contributed by atoms with Gasteiger partial charge in [0.1, 0.15) is 0 Å². The van der Waals surface area contributed by atoms with Crippen molar-refractivity contribution in [2.45, 2.75) is 31.7 Å². The standard InChI is InChI=1S/C10H17NO3S/c1-15-6-5-9(12)11-8-4-2-3-7(8)10(13)14/h7-8H,2-6H2,1H3,(H,11,12)(H,13,14). The van der Waals surface area contributed by atoms with Crippen LogP contribution in [-0.2, 0) is 9.59 Å². The Morgan fingerprint density at radius 2 is 2.20 bits per heavy atom. The van der Waals surface area contributed by atoms with Gasteiger partial charge in [0, 0.05) is 18.2 Å². The van der Waals surface area contributed by atoms with Gasteiger partial charge in [0.2, 0.25) is 5.91 Å². The summed E-state index contributed by atoms with van der Waals surface area (Å²) < 4.78 is 0. The molecular weight excluding hydrogens is 214 g/mol. The number of hydrogen-bond donors (Lipinski definition) is 2. The Hall–Kier alpha value is -0.710. The molecule has 0 spiro atoms. The lowest BCUT2D eigenvalue weighted by Crippen LogP contribution is -2.40. The highest BCUT2D eigenvalue weighted by Crippen LogP contribution is 2.25. The number of aliphatic carboxylic acids is 1. The van der Waals surface area contributed by atoms with E-state index in [1.54, 1.807) is 11.8 Å². The molecule has 2 N–H and O–H groups in total. The van der Waals surface area contributed by atoms with E-state index in [1.165, 1.54) is 0 Å². The lowest BCUT2D eigenvalue weighted by atomic mass is 10.0. The molecule has 1 amide bonds. The molecule has 1 fully saturated rings. The average Bonchev–Trinajstić information content (AvgIpc) is 2.62. The van der Waals surface area contributed by atoms with E-state index < -0.39 is 5.97 Å². The van der Waals surface area contributed by atoms with E-state index in [0.29, 0.717) is 12.8 Å². The van der Waals surface area contributed by atoms with Crippen LogP contribution in [-0.4, -0.2) is 35.0 Å². The second-order valence-electron chi connectivity index (χ2n) is 3.79. The van der Waals surface area contributed by atoms with Crippen molar-refractivity contribution >= 4 is 23.6 Å². The Morgan fingerprint density at radius 3 is 2.80 bits per heavy atom. The number of nitrogens with one attached hydrogen (secondary N) is 1. The lowest BCUT2D eigenvalue weighted by molar-refractivity contribution is -0.142. The molecule has 0 aromatic carbocycles. The third-order valence-electron chi connectivity index (χ3n) is 2.71. The number of carbonyl (C=O) groups is 2. The van der Waals surface area contributed by atoms with Gasteiger partial charge in [0.05, 0.1) is 5.92 Å². The topological polar surface area (TPSA) is 66.4 Å². The number of carbonyl (C=O) groups excluding carboxylic acids is 1. The zero-order valence-electron chi connectivity index (χ0n) is 8.86. The van der Waals surface area contributed by atoms with Gasteiger partial charge in [-0.3, -0.25) is 9.59 Å². The Morgan fingerprint density at radius 1 is 1.47 bits per heavy atom. The molecule has 0 bridgehead atoms. The summed E-state index contributed by atoms with van der Waals surface area (Å²) >= 11 is 1.62. The third kappa shape index (κ3) is 3.74. The minimum absolute atomic E-state index is 0.0255. The van der Waals surface area contributed by atoms with E-state index in [0.717, 1.165) is 18.6 Å². The lowest BCUT2D eigenvalue weighted by Gasteiger charge is -2.17. The van der Waals surface area contributed by atoms with E-state index in [9.17, 15) is 9.59 Å². The number of carboxylic acid groups (broad SMARTS) is 1. The van der Waals surface area contributed by atoms with Gasteiger partial charge in [0.25, 0.3) is 0 Å². The number of thioether (sulfide) groups is 1. The van der Waals surface area contributed by atoms with Gasteiger partial charge in [0.15, 0.2) is 0 Å². The van der Waals surface area contributed by atoms with Crippen LogP contribution in [0.1, 0.15) is 25.7 Å². The summed E-state index contributed by atoms with van der Waals surface area (Å²) in [6.07, 6.45) is 4.79. The predicted octanol–water partition coefficient (Wildman–Crippen LogP) is 1.11. The molecule has 0 aromatic heterocycles. The van der Waals surface area contributed by atoms with Gasteiger partial charge in [-0.25, -0.2) is 0 Å². The number of hydrogen-bond acceptors (Lipinski definition) is 3. The molecule has 2 atom stereocenters. The molecule has 1 saturated carbocycles. The molecule has 1 aliphatic carbocycles. The van der Waals surface area contributed by atoms with Crippen LogP contribution in [0, 0.1) is 5.92 Å². The maximum absolute atomic E-state index is 11.4. The Labute approximate surface area is 93.8 Å². The fourth-order valence-electron chi connectivity index (χ4n) is 1.90. The number of rotatable bonds is 5. The van der Waals surface area contributed by atoms with E-state index in [1.807, 2.05) is 6.26 Å². The zero-order valence-corrected chi connectivity index (χ0v) is 9.68. The molecule has 1 aliphatic rings. The molecule has 0 heterocycles. The Bertz CT molecular complexity index is 245. The van der Waals surface area contributed by atoms with Gasteiger partial charge in [-0.1, -0.05) is 6.42 Å². The summed E-state index contributed by atoms with van der Waals surface area (Å²) in [6, 6.07) is -0.156. The van der Waals surface area contributed by atoms with Crippen molar-refractivity contribution in [3.8, 4) is 0 Å². The summed E-state index contributed by atoms with van der Waals surface area (Å²) in [5.41, 5.74) is 0. The molecule has 2 unspecified atom stereocenters. The van der Waals surface area contributed by atoms with Crippen LogP contribution in [0.3, 0.4) is 0 Å². The largest absolute Gasteiger partial charge is 0.481 e. The first-order valence-corrected chi connectivity index (χ1v) is 6.55. The van der Waals surface area contributed by atoms with Gasteiger partial charge in [-0.2, -0.15) is 11.8 Å². The summed E-state index contributed by atoms with van der Waals surface area (Å²) in [6.45, 7) is 0. The number of amides is 1.